The molecule has 36 heavy (non-hydrogen) atoms. The number of nitrogens with zero attached hydrogens (tertiary/aromatic N) is 4. The topological polar surface area (TPSA) is 130 Å². The molecule has 3 heterocycles. The van der Waals surface area contributed by atoms with Gasteiger partial charge in [-0.1, -0.05) is 0 Å². The molecule has 188 valence electrons. The molecule has 1 saturated heterocycles. The number of carbonyl (C=O) groups is 1. The van der Waals surface area contributed by atoms with E-state index in [0.717, 1.165) is 22.1 Å². The summed E-state index contributed by atoms with van der Waals surface area (Å²) in [6.45, 7) is 0.799. The van der Waals surface area contributed by atoms with E-state index in [9.17, 15) is 31.6 Å². The number of pyridine rings is 1. The fraction of sp³-hybridized carbons (Fsp3) is 0.261. The van der Waals surface area contributed by atoms with Crippen LogP contribution in [0.15, 0.2) is 53.8 Å². The minimum Gasteiger partial charge on any atom is -0.481 e. The van der Waals surface area contributed by atoms with Crippen LogP contribution in [0, 0.1) is 11.3 Å². The molecule has 1 aliphatic heterocycles. The number of nitrogens with one attached hydrogen (secondary N) is 1. The fourth-order valence-electron chi connectivity index (χ4n) is 4.07. The number of halogens is 3. The van der Waals surface area contributed by atoms with Gasteiger partial charge in [0.25, 0.3) is 0 Å². The Kier molecular flexibility index (Phi) is 6.75. The van der Waals surface area contributed by atoms with Gasteiger partial charge in [0.15, 0.2) is 0 Å². The number of sulfonamides is 1. The lowest BCUT2D eigenvalue weighted by molar-refractivity contribution is -0.138. The maximum Gasteiger partial charge on any atom is 0.416 e. The van der Waals surface area contributed by atoms with Crippen molar-refractivity contribution >= 4 is 21.7 Å². The molecule has 0 saturated carbocycles. The van der Waals surface area contributed by atoms with Gasteiger partial charge in [-0.3, -0.25) is 9.78 Å². The van der Waals surface area contributed by atoms with Crippen LogP contribution >= 0.6 is 0 Å². The number of piperazine rings is 1. The Balaban J connectivity index is 1.71. The average Bonchev–Trinajstić information content (AvgIpc) is 3.25. The molecule has 1 fully saturated rings. The van der Waals surface area contributed by atoms with Crippen LogP contribution in [0.3, 0.4) is 0 Å². The quantitative estimate of drug-likeness (QED) is 0.512. The molecule has 1 aromatic carbocycles. The average molecular weight is 520 g/mol. The number of nitriles is 1. The van der Waals surface area contributed by atoms with Gasteiger partial charge in [0.05, 0.1) is 22.4 Å². The van der Waals surface area contributed by atoms with Gasteiger partial charge in [-0.05, 0) is 35.9 Å². The van der Waals surface area contributed by atoms with Crippen molar-refractivity contribution in [2.45, 2.75) is 17.5 Å². The van der Waals surface area contributed by atoms with E-state index >= 15 is 0 Å². The molecular weight excluding hydrogens is 499 g/mol. The van der Waals surface area contributed by atoms with E-state index in [-0.39, 0.29) is 35.5 Å². The second-order valence-electron chi connectivity index (χ2n) is 8.08. The first-order valence-corrected chi connectivity index (χ1v) is 12.1. The van der Waals surface area contributed by atoms with E-state index in [1.165, 1.54) is 6.20 Å². The molecule has 4 rings (SSSR count). The highest BCUT2D eigenvalue weighted by Crippen LogP contribution is 2.37. The highest BCUT2D eigenvalue weighted by Gasteiger charge is 2.35. The number of benzene rings is 1. The summed E-state index contributed by atoms with van der Waals surface area (Å²) in [7, 11) is -4.31. The zero-order valence-electron chi connectivity index (χ0n) is 18.7. The Morgan fingerprint density at radius 3 is 2.39 bits per heavy atom. The van der Waals surface area contributed by atoms with Crippen molar-refractivity contribution in [2.24, 2.45) is 0 Å². The smallest absolute Gasteiger partial charge is 0.416 e. The second kappa shape index (κ2) is 9.63. The molecule has 0 unspecified atom stereocenters. The Hall–Kier alpha value is -3.89. The summed E-state index contributed by atoms with van der Waals surface area (Å²) in [5, 5.41) is 18.6. The van der Waals surface area contributed by atoms with Crippen LogP contribution < -0.4 is 4.90 Å². The number of carboxylic acid groups (broad SMARTS) is 1. The fourth-order valence-corrected chi connectivity index (χ4v) is 5.56. The number of aromatic nitrogens is 2. The highest BCUT2D eigenvalue weighted by molar-refractivity contribution is 7.89. The van der Waals surface area contributed by atoms with Gasteiger partial charge in [0.2, 0.25) is 10.0 Å². The van der Waals surface area contributed by atoms with E-state index in [2.05, 4.69) is 9.97 Å². The van der Waals surface area contributed by atoms with E-state index in [1.807, 2.05) is 4.90 Å². The summed E-state index contributed by atoms with van der Waals surface area (Å²) in [6, 6.07) is 7.77. The first-order valence-electron chi connectivity index (χ1n) is 10.7. The van der Waals surface area contributed by atoms with Crippen molar-refractivity contribution in [1.82, 2.24) is 14.3 Å². The Labute approximate surface area is 204 Å². The van der Waals surface area contributed by atoms with Gasteiger partial charge in [0, 0.05) is 61.7 Å². The van der Waals surface area contributed by atoms with Gasteiger partial charge >= 0.3 is 12.1 Å². The molecular formula is C23H20F3N5O4S. The van der Waals surface area contributed by atoms with E-state index < -0.39 is 39.0 Å². The van der Waals surface area contributed by atoms with Crippen molar-refractivity contribution in [1.29, 1.82) is 5.26 Å². The lowest BCUT2D eigenvalue weighted by Gasteiger charge is -2.35. The number of hydrogen-bond donors (Lipinski definition) is 2. The van der Waals surface area contributed by atoms with Crippen molar-refractivity contribution < 1.29 is 31.5 Å². The van der Waals surface area contributed by atoms with Crippen LogP contribution in [-0.2, 0) is 27.4 Å². The molecule has 0 bridgehead atoms. The molecule has 9 nitrogen and oxygen atoms in total. The summed E-state index contributed by atoms with van der Waals surface area (Å²) in [5.74, 6) is -1.24. The van der Waals surface area contributed by atoms with Crippen LogP contribution in [-0.4, -0.2) is 59.9 Å². The summed E-state index contributed by atoms with van der Waals surface area (Å²) in [6.07, 6.45) is -0.972. The van der Waals surface area contributed by atoms with Gasteiger partial charge < -0.3 is 15.0 Å². The molecule has 1 aliphatic rings. The summed E-state index contributed by atoms with van der Waals surface area (Å²) >= 11 is 0. The van der Waals surface area contributed by atoms with Crippen LogP contribution in [0.25, 0.3) is 11.1 Å². The van der Waals surface area contributed by atoms with Gasteiger partial charge in [-0.2, -0.15) is 22.7 Å². The van der Waals surface area contributed by atoms with Gasteiger partial charge in [-0.25, -0.2) is 8.42 Å². The third kappa shape index (κ3) is 5.05. The van der Waals surface area contributed by atoms with Crippen molar-refractivity contribution in [3.8, 4) is 17.2 Å². The first kappa shape index (κ1) is 25.2. The van der Waals surface area contributed by atoms with Crippen LogP contribution in [0.1, 0.15) is 16.8 Å². The van der Waals surface area contributed by atoms with E-state index in [1.54, 1.807) is 30.6 Å². The third-order valence-electron chi connectivity index (χ3n) is 5.85. The normalized spacial score (nSPS) is 15.0. The Morgan fingerprint density at radius 2 is 1.81 bits per heavy atom. The zero-order valence-corrected chi connectivity index (χ0v) is 19.5. The van der Waals surface area contributed by atoms with Crippen LogP contribution in [0.2, 0.25) is 0 Å². The Bertz CT molecular complexity index is 1420. The molecule has 3 aromatic rings. The number of H-pyrrole nitrogens is 1. The van der Waals surface area contributed by atoms with E-state index in [4.69, 9.17) is 5.11 Å². The molecule has 0 spiro atoms. The molecule has 0 atom stereocenters. The highest BCUT2D eigenvalue weighted by atomic mass is 32.2. The monoisotopic (exact) mass is 519 g/mol. The minimum atomic E-state index is -4.85. The maximum absolute atomic E-state index is 13.7. The lowest BCUT2D eigenvalue weighted by Crippen LogP contribution is -2.48. The van der Waals surface area contributed by atoms with Crippen molar-refractivity contribution in [3.63, 3.8) is 0 Å². The standard InChI is InChI=1S/C23H20F3N5O4S/c24-23(25,26)16-9-15(20-14-29-21(12-22(32)33)19(20)13-27)10-18(11-16)36(34,35)31-7-5-30(6-8-31)17-1-3-28-4-2-17/h1-4,9-11,14,29H,5-8,12H2,(H,32,33). The number of aromatic amines is 1. The molecule has 13 heteroatoms. The largest absolute Gasteiger partial charge is 0.481 e. The molecule has 0 aliphatic carbocycles. The summed E-state index contributed by atoms with van der Waals surface area (Å²) in [4.78, 5) is 19.0. The zero-order chi connectivity index (χ0) is 26.1. The number of rotatable bonds is 6. The number of alkyl halides is 3. The Morgan fingerprint density at radius 1 is 1.14 bits per heavy atom. The number of aliphatic carboxylic acids is 1. The molecule has 2 aromatic heterocycles. The van der Waals surface area contributed by atoms with Crippen LogP contribution in [0.4, 0.5) is 18.9 Å². The minimum absolute atomic E-state index is 0.00838. The van der Waals surface area contributed by atoms with Crippen molar-refractivity contribution in [3.05, 3.63) is 65.7 Å². The summed E-state index contributed by atoms with van der Waals surface area (Å²) in [5.41, 5.74) is -0.668. The maximum atomic E-state index is 13.7. The van der Waals surface area contributed by atoms with Crippen LogP contribution in [0.5, 0.6) is 0 Å². The first-order chi connectivity index (χ1) is 17.0. The predicted octanol–water partition coefficient (Wildman–Crippen LogP) is 3.11. The number of hydrogen-bond acceptors (Lipinski definition) is 6. The van der Waals surface area contributed by atoms with Gasteiger partial charge in [0.1, 0.15) is 6.07 Å². The lowest BCUT2D eigenvalue weighted by atomic mass is 10.0. The molecule has 0 amide bonds. The predicted molar refractivity (Wildman–Crippen MR) is 122 cm³/mol. The van der Waals surface area contributed by atoms with Crippen molar-refractivity contribution in [2.75, 3.05) is 31.1 Å². The van der Waals surface area contributed by atoms with Gasteiger partial charge in [-0.15, -0.1) is 0 Å². The SMILES string of the molecule is N#Cc1c(-c2cc(C(F)(F)F)cc(S(=O)(=O)N3CCN(c4ccncc4)CC3)c2)c[nH]c1CC(=O)O. The number of anilines is 1. The second-order valence-corrected chi connectivity index (χ2v) is 10.0. The van der Waals surface area contributed by atoms with E-state index in [0.29, 0.717) is 19.2 Å². The summed E-state index contributed by atoms with van der Waals surface area (Å²) < 4.78 is 69.0. The number of carboxylic acids is 1. The third-order valence-corrected chi connectivity index (χ3v) is 7.73. The molecule has 0 radical (unpaired) electrons. The molecule has 2 N–H and O–H groups in total.